The third kappa shape index (κ3) is 4.87. The highest BCUT2D eigenvalue weighted by Crippen LogP contribution is 2.25. The maximum atomic E-state index is 9.46. The lowest BCUT2D eigenvalue weighted by molar-refractivity contribution is 0.340. The smallest absolute Gasteiger partial charge is 0.196 e. The Bertz CT molecular complexity index is 973. The summed E-state index contributed by atoms with van der Waals surface area (Å²) >= 11 is 1.38. The summed E-state index contributed by atoms with van der Waals surface area (Å²) in [5.41, 5.74) is 5.65. The van der Waals surface area contributed by atoms with Gasteiger partial charge in [0.15, 0.2) is 10.7 Å². The second-order valence-electron chi connectivity index (χ2n) is 5.64. The highest BCUT2D eigenvalue weighted by Gasteiger charge is 2.11. The van der Waals surface area contributed by atoms with E-state index in [0.717, 1.165) is 28.4 Å². The summed E-state index contributed by atoms with van der Waals surface area (Å²) in [5, 5.41) is 16.1. The van der Waals surface area contributed by atoms with Crippen LogP contribution in [0.5, 0.6) is 11.5 Å². The molecule has 0 spiro atoms. The first-order chi connectivity index (χ1) is 13.7. The molecule has 142 valence electrons. The first kappa shape index (κ1) is 19.4. The maximum absolute atomic E-state index is 9.46. The minimum Gasteiger partial charge on any atom is -0.494 e. The molecule has 0 radical (unpaired) electrons. The predicted molar refractivity (Wildman–Crippen MR) is 112 cm³/mol. The Labute approximate surface area is 168 Å². The Hall–Kier alpha value is -3.37. The molecule has 0 unspecified atom stereocenters. The molecule has 0 fully saturated rings. The van der Waals surface area contributed by atoms with Gasteiger partial charge < -0.3 is 9.47 Å². The van der Waals surface area contributed by atoms with Gasteiger partial charge in [-0.3, -0.25) is 5.43 Å². The topological polar surface area (TPSA) is 79.5 Å². The molecule has 0 aliphatic carbocycles. The Morgan fingerprint density at radius 2 is 1.64 bits per heavy atom. The van der Waals surface area contributed by atoms with E-state index in [-0.39, 0.29) is 5.71 Å². The van der Waals surface area contributed by atoms with Crippen LogP contribution in [-0.2, 0) is 0 Å². The largest absolute Gasteiger partial charge is 0.494 e. The molecule has 2 aromatic carbocycles. The van der Waals surface area contributed by atoms with Crippen LogP contribution in [-0.4, -0.2) is 23.9 Å². The first-order valence-electron chi connectivity index (χ1n) is 8.89. The molecule has 0 amide bonds. The van der Waals surface area contributed by atoms with Crippen molar-refractivity contribution in [3.8, 4) is 28.8 Å². The van der Waals surface area contributed by atoms with Gasteiger partial charge in [0.1, 0.15) is 17.6 Å². The lowest BCUT2D eigenvalue weighted by Crippen LogP contribution is -2.01. The van der Waals surface area contributed by atoms with Gasteiger partial charge in [0.05, 0.1) is 24.6 Å². The number of ether oxygens (including phenoxy) is 2. The van der Waals surface area contributed by atoms with E-state index >= 15 is 0 Å². The van der Waals surface area contributed by atoms with E-state index in [1.165, 1.54) is 11.3 Å². The first-order valence-corrected chi connectivity index (χ1v) is 9.77. The number of nitrogens with zero attached hydrogens (tertiary/aromatic N) is 3. The van der Waals surface area contributed by atoms with E-state index in [0.29, 0.717) is 18.2 Å². The second-order valence-corrected chi connectivity index (χ2v) is 6.49. The third-order valence-corrected chi connectivity index (χ3v) is 4.58. The molecule has 1 aromatic heterocycles. The minimum absolute atomic E-state index is 0.232. The lowest BCUT2D eigenvalue weighted by Gasteiger charge is -2.04. The van der Waals surface area contributed by atoms with Crippen LogP contribution >= 0.6 is 11.3 Å². The fourth-order valence-electron chi connectivity index (χ4n) is 2.44. The van der Waals surface area contributed by atoms with E-state index in [1.807, 2.05) is 67.8 Å². The van der Waals surface area contributed by atoms with Crippen molar-refractivity contribution in [1.29, 1.82) is 5.26 Å². The summed E-state index contributed by atoms with van der Waals surface area (Å²) in [4.78, 5) is 4.54. The number of hydrogen-bond acceptors (Lipinski definition) is 7. The molecular formula is C21H20N4O2S. The summed E-state index contributed by atoms with van der Waals surface area (Å²) in [6.45, 7) is 5.13. The fraction of sp³-hybridized carbons (Fsp3) is 0.190. The number of aromatic nitrogens is 1. The predicted octanol–water partition coefficient (Wildman–Crippen LogP) is 4.95. The van der Waals surface area contributed by atoms with Crippen molar-refractivity contribution in [1.82, 2.24) is 4.98 Å². The van der Waals surface area contributed by atoms with Crippen molar-refractivity contribution < 1.29 is 9.47 Å². The zero-order valence-electron chi connectivity index (χ0n) is 15.7. The SMILES string of the molecule is CCOc1ccc(N/N=C(/C#N)c2nc(-c3ccc(OCC)cc3)cs2)cc1. The number of rotatable bonds is 8. The normalized spacial score (nSPS) is 11.0. The number of nitriles is 1. The summed E-state index contributed by atoms with van der Waals surface area (Å²) < 4.78 is 10.9. The number of anilines is 1. The van der Waals surface area contributed by atoms with Crippen LogP contribution in [0.1, 0.15) is 18.9 Å². The number of thiazole rings is 1. The van der Waals surface area contributed by atoms with Crippen LogP contribution in [0.3, 0.4) is 0 Å². The Balaban J connectivity index is 1.72. The second kappa shape index (κ2) is 9.53. The lowest BCUT2D eigenvalue weighted by atomic mass is 10.2. The molecule has 3 rings (SSSR count). The van der Waals surface area contributed by atoms with Crippen molar-refractivity contribution >= 4 is 22.7 Å². The number of hydrazone groups is 1. The average molecular weight is 392 g/mol. The van der Waals surface area contributed by atoms with E-state index < -0.39 is 0 Å². The van der Waals surface area contributed by atoms with E-state index in [4.69, 9.17) is 9.47 Å². The van der Waals surface area contributed by atoms with Gasteiger partial charge in [0, 0.05) is 10.9 Å². The zero-order valence-corrected chi connectivity index (χ0v) is 16.5. The third-order valence-electron chi connectivity index (χ3n) is 3.74. The highest BCUT2D eigenvalue weighted by atomic mass is 32.1. The van der Waals surface area contributed by atoms with Crippen molar-refractivity contribution in [3.63, 3.8) is 0 Å². The monoisotopic (exact) mass is 392 g/mol. The van der Waals surface area contributed by atoms with Gasteiger partial charge in [-0.05, 0) is 62.4 Å². The van der Waals surface area contributed by atoms with Crippen LogP contribution in [0.2, 0.25) is 0 Å². The van der Waals surface area contributed by atoms with Crippen LogP contribution < -0.4 is 14.9 Å². The number of nitrogens with one attached hydrogen (secondary N) is 1. The zero-order chi connectivity index (χ0) is 19.8. The molecule has 1 N–H and O–H groups in total. The number of hydrogen-bond donors (Lipinski definition) is 1. The van der Waals surface area contributed by atoms with Crippen molar-refractivity contribution in [2.24, 2.45) is 5.10 Å². The minimum atomic E-state index is 0.232. The van der Waals surface area contributed by atoms with Crippen LogP contribution in [0.25, 0.3) is 11.3 Å². The molecule has 0 bridgehead atoms. The van der Waals surface area contributed by atoms with E-state index in [9.17, 15) is 5.26 Å². The van der Waals surface area contributed by atoms with Crippen molar-refractivity contribution in [3.05, 3.63) is 58.9 Å². The van der Waals surface area contributed by atoms with Gasteiger partial charge in [-0.15, -0.1) is 11.3 Å². The Morgan fingerprint density at radius 3 is 2.21 bits per heavy atom. The van der Waals surface area contributed by atoms with Crippen LogP contribution in [0, 0.1) is 11.3 Å². The van der Waals surface area contributed by atoms with Gasteiger partial charge in [-0.1, -0.05) is 0 Å². The molecule has 6 nitrogen and oxygen atoms in total. The molecule has 3 aromatic rings. The highest BCUT2D eigenvalue weighted by molar-refractivity contribution is 7.12. The van der Waals surface area contributed by atoms with E-state index in [1.54, 1.807) is 0 Å². The Morgan fingerprint density at radius 1 is 1.04 bits per heavy atom. The maximum Gasteiger partial charge on any atom is 0.196 e. The standard InChI is InChI=1S/C21H20N4O2S/c1-3-26-17-9-5-15(6-10-17)20-14-28-21(23-20)19(13-22)25-24-16-7-11-18(12-8-16)27-4-2/h5-12,14,24H,3-4H2,1-2H3/b25-19-. The molecule has 0 aliphatic rings. The van der Waals surface area contributed by atoms with E-state index in [2.05, 4.69) is 21.6 Å². The van der Waals surface area contributed by atoms with Gasteiger partial charge in [0.25, 0.3) is 0 Å². The van der Waals surface area contributed by atoms with Gasteiger partial charge >= 0.3 is 0 Å². The molecule has 0 saturated carbocycles. The van der Waals surface area contributed by atoms with Crippen molar-refractivity contribution in [2.75, 3.05) is 18.6 Å². The fourth-order valence-corrected chi connectivity index (χ4v) is 3.20. The molecule has 0 atom stereocenters. The summed E-state index contributed by atoms with van der Waals surface area (Å²) in [5.74, 6) is 1.61. The number of benzene rings is 2. The molecule has 7 heteroatoms. The molecule has 28 heavy (non-hydrogen) atoms. The summed E-state index contributed by atoms with van der Waals surface area (Å²) in [6.07, 6.45) is 0. The summed E-state index contributed by atoms with van der Waals surface area (Å²) in [6, 6.07) is 17.2. The van der Waals surface area contributed by atoms with Crippen molar-refractivity contribution in [2.45, 2.75) is 13.8 Å². The van der Waals surface area contributed by atoms with Crippen LogP contribution in [0.15, 0.2) is 59.0 Å². The Kier molecular flexibility index (Phi) is 6.60. The quantitative estimate of drug-likeness (QED) is 0.433. The van der Waals surface area contributed by atoms with Crippen LogP contribution in [0.4, 0.5) is 5.69 Å². The van der Waals surface area contributed by atoms with Gasteiger partial charge in [-0.25, -0.2) is 4.98 Å². The molecule has 0 saturated heterocycles. The van der Waals surface area contributed by atoms with Gasteiger partial charge in [0.2, 0.25) is 0 Å². The average Bonchev–Trinajstić information content (AvgIpc) is 3.21. The molecular weight excluding hydrogens is 372 g/mol. The van der Waals surface area contributed by atoms with Gasteiger partial charge in [-0.2, -0.15) is 10.4 Å². The molecule has 1 heterocycles. The molecule has 0 aliphatic heterocycles. The summed E-state index contributed by atoms with van der Waals surface area (Å²) in [7, 11) is 0.